The predicted molar refractivity (Wildman–Crippen MR) is 134 cm³/mol. The average molecular weight is 535 g/mol. The highest BCUT2D eigenvalue weighted by Crippen LogP contribution is 2.38. The molecule has 9 nitrogen and oxygen atoms in total. The van der Waals surface area contributed by atoms with Crippen LogP contribution >= 0.6 is 15.9 Å². The number of nitriles is 1. The van der Waals surface area contributed by atoms with Crippen LogP contribution in [0, 0.1) is 21.4 Å². The fraction of sp³-hybridized carbons (Fsp3) is 0.120. The van der Waals surface area contributed by atoms with Crippen LogP contribution in [-0.4, -0.2) is 29.1 Å². The molecule has 1 N–H and O–H groups in total. The minimum atomic E-state index is -0.450. The maximum atomic E-state index is 10.8. The Balaban J connectivity index is 1.60. The number of fused-ring (bicyclic) bond motifs is 1. The normalized spacial score (nSPS) is 11.2. The van der Waals surface area contributed by atoms with Crippen molar-refractivity contribution in [3.8, 4) is 23.3 Å². The van der Waals surface area contributed by atoms with Crippen LogP contribution in [0.2, 0.25) is 0 Å². The summed E-state index contributed by atoms with van der Waals surface area (Å²) < 4.78 is 17.3. The highest BCUT2D eigenvalue weighted by Gasteiger charge is 2.14. The van der Waals surface area contributed by atoms with E-state index in [-0.39, 0.29) is 12.3 Å². The minimum Gasteiger partial charge on any atom is -0.497 e. The second kappa shape index (κ2) is 10.3. The summed E-state index contributed by atoms with van der Waals surface area (Å²) in [6.07, 6.45) is 1.70. The largest absolute Gasteiger partial charge is 0.497 e. The summed E-state index contributed by atoms with van der Waals surface area (Å²) in [5.41, 5.74) is 3.30. The van der Waals surface area contributed by atoms with Crippen LogP contribution in [0.25, 0.3) is 22.7 Å². The molecule has 0 spiro atoms. The van der Waals surface area contributed by atoms with Crippen LogP contribution in [0.4, 0.5) is 5.69 Å². The number of non-ortho nitro benzene ring substituents is 1. The maximum Gasteiger partial charge on any atom is 0.269 e. The molecule has 0 saturated carbocycles. The van der Waals surface area contributed by atoms with Crippen molar-refractivity contribution in [2.45, 2.75) is 6.61 Å². The summed E-state index contributed by atoms with van der Waals surface area (Å²) in [6.45, 7) is 0.189. The zero-order valence-corrected chi connectivity index (χ0v) is 20.3. The predicted octanol–water partition coefficient (Wildman–Crippen LogP) is 5.89. The highest BCUT2D eigenvalue weighted by atomic mass is 79.9. The number of benzene rings is 3. The van der Waals surface area contributed by atoms with Crippen LogP contribution in [0.5, 0.6) is 17.2 Å². The number of hydrogen-bond donors (Lipinski definition) is 1. The third-order valence-corrected chi connectivity index (χ3v) is 5.75. The number of nitro groups is 1. The van der Waals surface area contributed by atoms with E-state index < -0.39 is 4.92 Å². The van der Waals surface area contributed by atoms with Gasteiger partial charge in [0.15, 0.2) is 11.5 Å². The van der Waals surface area contributed by atoms with Crippen LogP contribution in [0.15, 0.2) is 59.1 Å². The van der Waals surface area contributed by atoms with Gasteiger partial charge in [0, 0.05) is 18.2 Å². The zero-order valence-electron chi connectivity index (χ0n) is 18.7. The summed E-state index contributed by atoms with van der Waals surface area (Å²) in [6, 6.07) is 17.3. The van der Waals surface area contributed by atoms with Crippen LogP contribution in [-0.2, 0) is 6.61 Å². The number of rotatable bonds is 8. The Morgan fingerprint density at radius 2 is 1.94 bits per heavy atom. The van der Waals surface area contributed by atoms with Crippen LogP contribution in [0.3, 0.4) is 0 Å². The van der Waals surface area contributed by atoms with Crippen LogP contribution in [0.1, 0.15) is 17.0 Å². The van der Waals surface area contributed by atoms with Crippen molar-refractivity contribution in [3.63, 3.8) is 0 Å². The quantitative estimate of drug-likeness (QED) is 0.169. The topological polar surface area (TPSA) is 123 Å². The van der Waals surface area contributed by atoms with Crippen molar-refractivity contribution in [2.75, 3.05) is 14.2 Å². The van der Waals surface area contributed by atoms with Gasteiger partial charge in [-0.1, -0.05) is 0 Å². The van der Waals surface area contributed by atoms with Gasteiger partial charge in [-0.15, -0.1) is 0 Å². The standard InChI is InChI=1S/C25H19BrN4O5/c1-33-19-7-8-21-22(12-19)29-25(28-21)17(13-27)9-16-10-20(26)24(23(11-16)34-2)35-14-15-3-5-18(6-4-15)30(31)32/h3-12H,14H2,1-2H3,(H,28,29)/b17-9-. The second-order valence-electron chi connectivity index (χ2n) is 7.38. The van der Waals surface area contributed by atoms with Crippen molar-refractivity contribution < 1.29 is 19.1 Å². The van der Waals surface area contributed by atoms with Gasteiger partial charge in [0.2, 0.25) is 0 Å². The zero-order chi connectivity index (χ0) is 24.9. The third kappa shape index (κ3) is 5.26. The first-order chi connectivity index (χ1) is 16.9. The van der Waals surface area contributed by atoms with E-state index in [1.165, 1.54) is 19.2 Å². The molecule has 35 heavy (non-hydrogen) atoms. The fourth-order valence-electron chi connectivity index (χ4n) is 3.40. The number of nitro benzene ring substituents is 1. The molecule has 0 saturated heterocycles. The molecule has 0 aliphatic heterocycles. The molecule has 1 aromatic heterocycles. The minimum absolute atomic E-state index is 0.0144. The third-order valence-electron chi connectivity index (χ3n) is 5.16. The number of methoxy groups -OCH3 is 2. The highest BCUT2D eigenvalue weighted by molar-refractivity contribution is 9.10. The molecule has 0 aliphatic rings. The van der Waals surface area contributed by atoms with E-state index in [1.807, 2.05) is 12.1 Å². The number of aromatic nitrogens is 2. The van der Waals surface area contributed by atoms with Gasteiger partial charge in [-0.05, 0) is 69.5 Å². The lowest BCUT2D eigenvalue weighted by Crippen LogP contribution is -1.99. The number of halogens is 1. The SMILES string of the molecule is COc1ccc2nc(/C(C#N)=C\c3cc(Br)c(OCc4ccc([N+](=O)[O-])cc4)c(OC)c3)[nH]c2c1. The number of aromatic amines is 1. The smallest absolute Gasteiger partial charge is 0.269 e. The van der Waals surface area contributed by atoms with E-state index in [2.05, 4.69) is 32.0 Å². The number of nitrogens with zero attached hydrogens (tertiary/aromatic N) is 3. The van der Waals surface area contributed by atoms with E-state index in [0.29, 0.717) is 38.7 Å². The first-order valence-electron chi connectivity index (χ1n) is 10.3. The lowest BCUT2D eigenvalue weighted by atomic mass is 10.1. The molecular weight excluding hydrogens is 516 g/mol. The van der Waals surface area contributed by atoms with Gasteiger partial charge in [0.05, 0.1) is 40.2 Å². The van der Waals surface area contributed by atoms with E-state index in [1.54, 1.807) is 43.5 Å². The number of imidazole rings is 1. The molecule has 0 fully saturated rings. The van der Waals surface area contributed by atoms with Gasteiger partial charge in [0.1, 0.15) is 24.3 Å². The molecule has 4 aromatic rings. The summed E-state index contributed by atoms with van der Waals surface area (Å²) >= 11 is 3.51. The monoisotopic (exact) mass is 534 g/mol. The number of ether oxygens (including phenoxy) is 3. The average Bonchev–Trinajstić information content (AvgIpc) is 3.29. The van der Waals surface area contributed by atoms with Crippen molar-refractivity contribution in [1.82, 2.24) is 9.97 Å². The van der Waals surface area contributed by atoms with E-state index >= 15 is 0 Å². The molecule has 0 bridgehead atoms. The Morgan fingerprint density at radius 1 is 1.17 bits per heavy atom. The molecule has 10 heteroatoms. The molecule has 1 heterocycles. The molecule has 176 valence electrons. The van der Waals surface area contributed by atoms with Crippen molar-refractivity contribution in [1.29, 1.82) is 5.26 Å². The Bertz CT molecular complexity index is 1470. The molecule has 0 atom stereocenters. The summed E-state index contributed by atoms with van der Waals surface area (Å²) in [4.78, 5) is 18.0. The lowest BCUT2D eigenvalue weighted by molar-refractivity contribution is -0.384. The van der Waals surface area contributed by atoms with E-state index in [0.717, 1.165) is 16.6 Å². The van der Waals surface area contributed by atoms with Gasteiger partial charge >= 0.3 is 0 Å². The number of nitrogens with one attached hydrogen (secondary N) is 1. The Morgan fingerprint density at radius 3 is 2.60 bits per heavy atom. The summed E-state index contributed by atoms with van der Waals surface area (Å²) in [5.74, 6) is 2.05. The van der Waals surface area contributed by atoms with Crippen molar-refractivity contribution >= 4 is 44.3 Å². The first kappa shape index (κ1) is 23.8. The van der Waals surface area contributed by atoms with E-state index in [4.69, 9.17) is 14.2 Å². The fourth-order valence-corrected chi connectivity index (χ4v) is 3.97. The van der Waals surface area contributed by atoms with E-state index in [9.17, 15) is 15.4 Å². The lowest BCUT2D eigenvalue weighted by Gasteiger charge is -2.14. The Hall–Kier alpha value is -4.36. The van der Waals surface area contributed by atoms with Gasteiger partial charge in [-0.3, -0.25) is 10.1 Å². The molecule has 0 aliphatic carbocycles. The Labute approximate surface area is 208 Å². The molecule has 4 rings (SSSR count). The summed E-state index contributed by atoms with van der Waals surface area (Å²) in [7, 11) is 3.11. The first-order valence-corrected chi connectivity index (χ1v) is 11.1. The molecular formula is C25H19BrN4O5. The number of hydrogen-bond acceptors (Lipinski definition) is 7. The molecule has 0 radical (unpaired) electrons. The maximum absolute atomic E-state index is 10.8. The van der Waals surface area contributed by atoms with Crippen molar-refractivity contribution in [3.05, 3.63) is 86.1 Å². The Kier molecular flexibility index (Phi) is 6.98. The summed E-state index contributed by atoms with van der Waals surface area (Å²) in [5, 5.41) is 20.6. The molecule has 0 amide bonds. The van der Waals surface area contributed by atoms with Crippen LogP contribution < -0.4 is 14.2 Å². The molecule has 0 unspecified atom stereocenters. The van der Waals surface area contributed by atoms with Crippen molar-refractivity contribution in [2.24, 2.45) is 0 Å². The van der Waals surface area contributed by atoms with Gasteiger partial charge in [-0.25, -0.2) is 4.98 Å². The van der Waals surface area contributed by atoms with Gasteiger partial charge in [0.25, 0.3) is 5.69 Å². The van der Waals surface area contributed by atoms with Gasteiger partial charge in [-0.2, -0.15) is 5.26 Å². The van der Waals surface area contributed by atoms with Gasteiger partial charge < -0.3 is 19.2 Å². The number of allylic oxidation sites excluding steroid dienone is 1. The molecule has 3 aromatic carbocycles. The second-order valence-corrected chi connectivity index (χ2v) is 8.24. The number of H-pyrrole nitrogens is 1.